The number of benzene rings is 2. The maximum Gasteiger partial charge on any atom is 0.255 e. The highest BCUT2D eigenvalue weighted by molar-refractivity contribution is 7.98. The normalized spacial score (nSPS) is 14.9. The summed E-state index contributed by atoms with van der Waals surface area (Å²) in [4.78, 5) is 22.6. The topological polar surface area (TPSA) is 84.7 Å². The van der Waals surface area contributed by atoms with Crippen molar-refractivity contribution in [1.82, 2.24) is 19.7 Å². The number of thioether (sulfide) groups is 1. The second kappa shape index (κ2) is 9.70. The average molecular weight is 489 g/mol. The van der Waals surface area contributed by atoms with Crippen LogP contribution in [-0.2, 0) is 10.5 Å². The Morgan fingerprint density at radius 3 is 2.62 bits per heavy atom. The molecule has 34 heavy (non-hydrogen) atoms. The van der Waals surface area contributed by atoms with Gasteiger partial charge in [-0.3, -0.25) is 9.78 Å². The predicted octanol–water partition coefficient (Wildman–Crippen LogP) is 5.55. The lowest BCUT2D eigenvalue weighted by molar-refractivity contribution is -0.113. The second-order valence-corrected chi connectivity index (χ2v) is 9.03. The molecule has 2 aromatic carbocycles. The van der Waals surface area contributed by atoms with Crippen LogP contribution in [0.3, 0.4) is 0 Å². The van der Waals surface area contributed by atoms with Crippen LogP contribution in [0.25, 0.3) is 0 Å². The molecule has 7 nitrogen and oxygen atoms in total. The average Bonchev–Trinajstić information content (AvgIpc) is 3.26. The number of allylic oxidation sites excluding steroid dienone is 1. The summed E-state index contributed by atoms with van der Waals surface area (Å²) < 4.78 is 1.73. The van der Waals surface area contributed by atoms with Crippen molar-refractivity contribution in [3.63, 3.8) is 0 Å². The smallest absolute Gasteiger partial charge is 0.255 e. The zero-order chi connectivity index (χ0) is 23.5. The maximum atomic E-state index is 13.4. The maximum absolute atomic E-state index is 13.4. The summed E-state index contributed by atoms with van der Waals surface area (Å²) in [6, 6.07) is 22.2. The first-order chi connectivity index (χ1) is 16.6. The van der Waals surface area contributed by atoms with Crippen LogP contribution in [0.5, 0.6) is 0 Å². The Kier molecular flexibility index (Phi) is 6.33. The Balaban J connectivity index is 1.48. The molecule has 0 unspecified atom stereocenters. The van der Waals surface area contributed by atoms with Crippen molar-refractivity contribution in [3.05, 3.63) is 107 Å². The van der Waals surface area contributed by atoms with Gasteiger partial charge in [0.15, 0.2) is 0 Å². The highest BCUT2D eigenvalue weighted by atomic mass is 35.5. The fourth-order valence-electron chi connectivity index (χ4n) is 3.78. The molecule has 1 aliphatic heterocycles. The number of halogens is 1. The highest BCUT2D eigenvalue weighted by Crippen LogP contribution is 2.36. The molecule has 0 bridgehead atoms. The molecule has 0 fully saturated rings. The van der Waals surface area contributed by atoms with Gasteiger partial charge in [0.2, 0.25) is 11.1 Å². The number of aromatic nitrogens is 4. The van der Waals surface area contributed by atoms with Gasteiger partial charge in [-0.25, -0.2) is 4.68 Å². The minimum absolute atomic E-state index is 0.224. The first kappa shape index (κ1) is 22.2. The SMILES string of the molecule is CC1=C(C(=O)Nc2ccccc2)[C@@H](c2ccccn2)n2nc(SCc3ccccc3Cl)nc2N1. The predicted molar refractivity (Wildman–Crippen MR) is 135 cm³/mol. The molecule has 5 rings (SSSR count). The number of pyridine rings is 1. The van der Waals surface area contributed by atoms with Crippen LogP contribution >= 0.6 is 23.4 Å². The molecule has 0 radical (unpaired) electrons. The summed E-state index contributed by atoms with van der Waals surface area (Å²) in [6.45, 7) is 1.87. The van der Waals surface area contributed by atoms with Gasteiger partial charge >= 0.3 is 0 Å². The third-order valence-corrected chi connectivity index (χ3v) is 6.65. The molecule has 0 saturated carbocycles. The van der Waals surface area contributed by atoms with Gasteiger partial charge in [0.05, 0.1) is 11.3 Å². The van der Waals surface area contributed by atoms with E-state index in [0.717, 1.165) is 5.56 Å². The van der Waals surface area contributed by atoms with Crippen LogP contribution < -0.4 is 10.6 Å². The summed E-state index contributed by atoms with van der Waals surface area (Å²) in [6.07, 6.45) is 1.71. The van der Waals surface area contributed by atoms with E-state index in [0.29, 0.717) is 44.5 Å². The van der Waals surface area contributed by atoms with Gasteiger partial charge in [-0.1, -0.05) is 65.8 Å². The molecule has 1 amide bonds. The number of nitrogens with one attached hydrogen (secondary N) is 2. The van der Waals surface area contributed by atoms with Crippen LogP contribution in [-0.4, -0.2) is 25.7 Å². The van der Waals surface area contributed by atoms with E-state index in [1.165, 1.54) is 11.8 Å². The first-order valence-electron chi connectivity index (χ1n) is 10.7. The van der Waals surface area contributed by atoms with Crippen molar-refractivity contribution in [3.8, 4) is 0 Å². The largest absolute Gasteiger partial charge is 0.328 e. The van der Waals surface area contributed by atoms with Crippen LogP contribution in [0.15, 0.2) is 95.4 Å². The highest BCUT2D eigenvalue weighted by Gasteiger charge is 2.35. The lowest BCUT2D eigenvalue weighted by Gasteiger charge is -2.27. The Morgan fingerprint density at radius 1 is 1.09 bits per heavy atom. The Hall–Kier alpha value is -3.62. The molecule has 3 heterocycles. The van der Waals surface area contributed by atoms with Gasteiger partial charge in [-0.05, 0) is 42.8 Å². The number of carbonyl (C=O) groups excluding carboxylic acids is 1. The third kappa shape index (κ3) is 4.55. The number of carbonyl (C=O) groups is 1. The fraction of sp³-hybridized carbons (Fsp3) is 0.120. The number of fused-ring (bicyclic) bond motifs is 1. The molecule has 170 valence electrons. The molecule has 0 aliphatic carbocycles. The monoisotopic (exact) mass is 488 g/mol. The molecule has 1 aliphatic rings. The lowest BCUT2D eigenvalue weighted by atomic mass is 9.98. The van der Waals surface area contributed by atoms with Gasteiger partial charge < -0.3 is 10.6 Å². The number of hydrogen-bond donors (Lipinski definition) is 2. The van der Waals surface area contributed by atoms with E-state index in [1.54, 1.807) is 10.9 Å². The quantitative estimate of drug-likeness (QED) is 0.346. The zero-order valence-corrected chi connectivity index (χ0v) is 19.8. The Bertz CT molecular complexity index is 1360. The Morgan fingerprint density at radius 2 is 1.85 bits per heavy atom. The number of nitrogens with zero attached hydrogens (tertiary/aromatic N) is 4. The van der Waals surface area contributed by atoms with Gasteiger partial charge in [-0.15, -0.1) is 5.10 Å². The van der Waals surface area contributed by atoms with Crippen LogP contribution in [0.1, 0.15) is 24.2 Å². The lowest BCUT2D eigenvalue weighted by Crippen LogP contribution is -2.32. The number of para-hydroxylation sites is 1. The first-order valence-corrected chi connectivity index (χ1v) is 12.0. The number of anilines is 2. The molecule has 0 spiro atoms. The van der Waals surface area contributed by atoms with Crippen LogP contribution in [0.4, 0.5) is 11.6 Å². The number of amides is 1. The van der Waals surface area contributed by atoms with E-state index in [9.17, 15) is 4.79 Å². The standard InChI is InChI=1S/C25H21ClN6OS/c1-16-21(23(33)29-18-10-3-2-4-11-18)22(20-13-7-8-14-27-20)32-24(28-16)30-25(31-32)34-15-17-9-5-6-12-19(17)26/h2-14,22H,15H2,1H3,(H,29,33)(H,28,30,31)/t22-/m1/s1. The molecule has 4 aromatic rings. The molecule has 0 saturated heterocycles. The van der Waals surface area contributed by atoms with Crippen molar-refractivity contribution in [1.29, 1.82) is 0 Å². The van der Waals surface area contributed by atoms with Gasteiger partial charge in [-0.2, -0.15) is 4.98 Å². The van der Waals surface area contributed by atoms with Crippen molar-refractivity contribution in [2.24, 2.45) is 0 Å². The second-order valence-electron chi connectivity index (χ2n) is 7.68. The summed E-state index contributed by atoms with van der Waals surface area (Å²) in [7, 11) is 0. The van der Waals surface area contributed by atoms with Gasteiger partial charge in [0.1, 0.15) is 6.04 Å². The number of hydrogen-bond acceptors (Lipinski definition) is 6. The van der Waals surface area contributed by atoms with E-state index in [4.69, 9.17) is 16.7 Å². The molecule has 2 N–H and O–H groups in total. The van der Waals surface area contributed by atoms with Crippen molar-refractivity contribution < 1.29 is 4.79 Å². The third-order valence-electron chi connectivity index (χ3n) is 5.39. The minimum atomic E-state index is -0.525. The zero-order valence-electron chi connectivity index (χ0n) is 18.3. The van der Waals surface area contributed by atoms with E-state index < -0.39 is 6.04 Å². The van der Waals surface area contributed by atoms with E-state index in [-0.39, 0.29) is 5.91 Å². The van der Waals surface area contributed by atoms with Crippen LogP contribution in [0.2, 0.25) is 5.02 Å². The summed E-state index contributed by atoms with van der Waals surface area (Å²) in [5, 5.41) is 12.3. The molecule has 2 aromatic heterocycles. The van der Waals surface area contributed by atoms with Gasteiger partial charge in [0.25, 0.3) is 5.91 Å². The fourth-order valence-corrected chi connectivity index (χ4v) is 4.89. The van der Waals surface area contributed by atoms with E-state index in [2.05, 4.69) is 20.6 Å². The molecular weight excluding hydrogens is 468 g/mol. The van der Waals surface area contributed by atoms with Crippen LogP contribution in [0, 0.1) is 0 Å². The van der Waals surface area contributed by atoms with Gasteiger partial charge in [0, 0.05) is 28.4 Å². The van der Waals surface area contributed by atoms with Crippen molar-refractivity contribution in [2.45, 2.75) is 23.9 Å². The number of rotatable bonds is 6. The minimum Gasteiger partial charge on any atom is -0.328 e. The Labute approximate surface area is 206 Å². The summed E-state index contributed by atoms with van der Waals surface area (Å²) in [5.41, 5.74) is 3.66. The molecular formula is C25H21ClN6OS. The summed E-state index contributed by atoms with van der Waals surface area (Å²) in [5.74, 6) is 0.967. The molecule has 1 atom stereocenters. The van der Waals surface area contributed by atoms with Crippen molar-refractivity contribution in [2.75, 3.05) is 10.6 Å². The molecule has 9 heteroatoms. The van der Waals surface area contributed by atoms with E-state index >= 15 is 0 Å². The van der Waals surface area contributed by atoms with E-state index in [1.807, 2.05) is 79.7 Å². The summed E-state index contributed by atoms with van der Waals surface area (Å²) >= 11 is 7.79. The van der Waals surface area contributed by atoms with Crippen molar-refractivity contribution >= 4 is 40.9 Å².